The van der Waals surface area contributed by atoms with Crippen molar-refractivity contribution in [2.45, 2.75) is 50.4 Å². The number of halogens is 2. The Hall–Kier alpha value is -1.71. The lowest BCUT2D eigenvalue weighted by Crippen LogP contribution is -2.40. The van der Waals surface area contributed by atoms with Crippen molar-refractivity contribution in [1.29, 1.82) is 0 Å². The van der Waals surface area contributed by atoms with Gasteiger partial charge >= 0.3 is 0 Å². The van der Waals surface area contributed by atoms with Gasteiger partial charge in [-0.05, 0) is 54.5 Å². The zero-order valence-corrected chi connectivity index (χ0v) is 20.9. The third-order valence-electron chi connectivity index (χ3n) is 6.21. The SMILES string of the molecule is CN=C(NCc1cccc(COC2CCOCC2)c1)NCC1(c2cccc(F)c2)CC1.I. The third-order valence-corrected chi connectivity index (χ3v) is 6.21. The summed E-state index contributed by atoms with van der Waals surface area (Å²) in [6.07, 6.45) is 4.37. The van der Waals surface area contributed by atoms with E-state index in [4.69, 9.17) is 9.47 Å². The van der Waals surface area contributed by atoms with Crippen molar-refractivity contribution in [3.63, 3.8) is 0 Å². The van der Waals surface area contributed by atoms with Crippen molar-refractivity contribution < 1.29 is 13.9 Å². The average Bonchev–Trinajstić information content (AvgIpc) is 3.60. The molecule has 0 unspecified atom stereocenters. The van der Waals surface area contributed by atoms with Crippen molar-refractivity contribution in [3.8, 4) is 0 Å². The molecule has 32 heavy (non-hydrogen) atoms. The van der Waals surface area contributed by atoms with Crippen LogP contribution in [0.25, 0.3) is 0 Å². The van der Waals surface area contributed by atoms with E-state index in [1.807, 2.05) is 6.07 Å². The van der Waals surface area contributed by atoms with Crippen LogP contribution in [-0.4, -0.2) is 38.9 Å². The van der Waals surface area contributed by atoms with Crippen LogP contribution in [0.4, 0.5) is 4.39 Å². The number of nitrogens with zero attached hydrogens (tertiary/aromatic N) is 1. The van der Waals surface area contributed by atoms with Gasteiger partial charge in [0.25, 0.3) is 0 Å². The minimum Gasteiger partial charge on any atom is -0.381 e. The number of rotatable bonds is 8. The standard InChI is InChI=1S/C25H32FN3O2.HI/c1-27-24(29-18-25(10-11-25)21-6-3-7-22(26)15-21)28-16-19-4-2-5-20(14-19)17-31-23-8-12-30-13-9-23;/h2-7,14-15,23H,8-13,16-18H2,1H3,(H2,27,28,29);1H. The van der Waals surface area contributed by atoms with E-state index < -0.39 is 0 Å². The third kappa shape index (κ3) is 6.89. The Balaban J connectivity index is 0.00000289. The van der Waals surface area contributed by atoms with Gasteiger partial charge < -0.3 is 20.1 Å². The summed E-state index contributed by atoms with van der Waals surface area (Å²) in [6.45, 7) is 3.64. The maximum atomic E-state index is 13.6. The number of benzene rings is 2. The lowest BCUT2D eigenvalue weighted by molar-refractivity contribution is -0.0390. The van der Waals surface area contributed by atoms with Crippen molar-refractivity contribution >= 4 is 29.9 Å². The van der Waals surface area contributed by atoms with Gasteiger partial charge in [0.05, 0.1) is 12.7 Å². The quantitative estimate of drug-likeness (QED) is 0.287. The predicted molar refractivity (Wildman–Crippen MR) is 136 cm³/mol. The molecule has 0 radical (unpaired) electrons. The van der Waals surface area contributed by atoms with Gasteiger partial charge in [-0.1, -0.05) is 36.4 Å². The smallest absolute Gasteiger partial charge is 0.191 e. The summed E-state index contributed by atoms with van der Waals surface area (Å²) in [7, 11) is 1.77. The van der Waals surface area contributed by atoms with Crippen LogP contribution in [0.3, 0.4) is 0 Å². The highest BCUT2D eigenvalue weighted by Crippen LogP contribution is 2.47. The lowest BCUT2D eigenvalue weighted by Gasteiger charge is -2.22. The van der Waals surface area contributed by atoms with Gasteiger partial charge in [-0.2, -0.15) is 0 Å². The zero-order chi connectivity index (χ0) is 21.5. The highest BCUT2D eigenvalue weighted by Gasteiger charge is 2.44. The van der Waals surface area contributed by atoms with Crippen molar-refractivity contribution in [2.24, 2.45) is 4.99 Å². The Labute approximate surface area is 207 Å². The van der Waals surface area contributed by atoms with Gasteiger partial charge in [-0.15, -0.1) is 24.0 Å². The Morgan fingerprint density at radius 2 is 1.84 bits per heavy atom. The molecular formula is C25H33FIN3O2. The summed E-state index contributed by atoms with van der Waals surface area (Å²) in [5, 5.41) is 6.81. The average molecular weight is 553 g/mol. The molecule has 1 aliphatic carbocycles. The highest BCUT2D eigenvalue weighted by molar-refractivity contribution is 14.0. The van der Waals surface area contributed by atoms with E-state index >= 15 is 0 Å². The van der Waals surface area contributed by atoms with Crippen LogP contribution in [0, 0.1) is 5.82 Å². The zero-order valence-electron chi connectivity index (χ0n) is 18.6. The Morgan fingerprint density at radius 3 is 2.56 bits per heavy atom. The molecule has 2 fully saturated rings. The molecule has 0 aromatic heterocycles. The molecule has 0 amide bonds. The molecule has 5 nitrogen and oxygen atoms in total. The maximum Gasteiger partial charge on any atom is 0.191 e. The number of ether oxygens (including phenoxy) is 2. The van der Waals surface area contributed by atoms with E-state index in [0.717, 1.165) is 57.0 Å². The van der Waals surface area contributed by atoms with Gasteiger partial charge in [-0.3, -0.25) is 4.99 Å². The van der Waals surface area contributed by atoms with Crippen LogP contribution in [0.5, 0.6) is 0 Å². The monoisotopic (exact) mass is 553 g/mol. The molecule has 1 aliphatic heterocycles. The molecule has 1 saturated carbocycles. The predicted octanol–water partition coefficient (Wildman–Crippen LogP) is 4.54. The van der Waals surface area contributed by atoms with E-state index in [1.54, 1.807) is 19.2 Å². The summed E-state index contributed by atoms with van der Waals surface area (Å²) in [6, 6.07) is 15.4. The second kappa shape index (κ2) is 12.0. The first-order valence-electron chi connectivity index (χ1n) is 11.1. The van der Waals surface area contributed by atoms with E-state index in [0.29, 0.717) is 19.3 Å². The van der Waals surface area contributed by atoms with E-state index in [1.165, 1.54) is 17.2 Å². The Bertz CT molecular complexity index is 898. The molecule has 2 N–H and O–H groups in total. The molecule has 0 atom stereocenters. The summed E-state index contributed by atoms with van der Waals surface area (Å²) in [4.78, 5) is 4.35. The van der Waals surface area contributed by atoms with Gasteiger partial charge in [0, 0.05) is 38.8 Å². The summed E-state index contributed by atoms with van der Waals surface area (Å²) < 4.78 is 25.1. The van der Waals surface area contributed by atoms with Crippen LogP contribution < -0.4 is 10.6 Å². The first-order chi connectivity index (χ1) is 15.2. The highest BCUT2D eigenvalue weighted by atomic mass is 127. The molecule has 174 valence electrons. The molecule has 2 aliphatic rings. The van der Waals surface area contributed by atoms with Crippen LogP contribution >= 0.6 is 24.0 Å². The van der Waals surface area contributed by atoms with Crippen LogP contribution in [0.1, 0.15) is 42.4 Å². The molecule has 4 rings (SSSR count). The van der Waals surface area contributed by atoms with E-state index in [2.05, 4.69) is 39.9 Å². The minimum absolute atomic E-state index is 0. The largest absolute Gasteiger partial charge is 0.381 e. The fourth-order valence-electron chi connectivity index (χ4n) is 4.08. The fraction of sp³-hybridized carbons (Fsp3) is 0.480. The number of aliphatic imine (C=N–C) groups is 1. The van der Waals surface area contributed by atoms with Gasteiger partial charge in [0.15, 0.2) is 5.96 Å². The van der Waals surface area contributed by atoms with Crippen LogP contribution in [-0.2, 0) is 28.0 Å². The second-order valence-corrected chi connectivity index (χ2v) is 8.51. The van der Waals surface area contributed by atoms with Crippen molar-refractivity contribution in [3.05, 3.63) is 71.0 Å². The first kappa shape index (κ1) is 24.9. The fourth-order valence-corrected chi connectivity index (χ4v) is 4.08. The maximum absolute atomic E-state index is 13.6. The lowest BCUT2D eigenvalue weighted by atomic mass is 9.96. The molecule has 2 aromatic rings. The van der Waals surface area contributed by atoms with E-state index in [9.17, 15) is 4.39 Å². The number of hydrogen-bond donors (Lipinski definition) is 2. The normalized spacial score (nSPS) is 18.0. The Kier molecular flexibility index (Phi) is 9.31. The minimum atomic E-state index is -0.174. The van der Waals surface area contributed by atoms with Gasteiger partial charge in [0.2, 0.25) is 0 Å². The number of guanidine groups is 1. The molecule has 1 heterocycles. The Morgan fingerprint density at radius 1 is 1.09 bits per heavy atom. The summed E-state index contributed by atoms with van der Waals surface area (Å²) in [5.41, 5.74) is 3.44. The molecule has 2 aromatic carbocycles. The van der Waals surface area contributed by atoms with E-state index in [-0.39, 0.29) is 35.2 Å². The molecule has 0 bridgehead atoms. The number of hydrogen-bond acceptors (Lipinski definition) is 3. The summed E-state index contributed by atoms with van der Waals surface area (Å²) >= 11 is 0. The second-order valence-electron chi connectivity index (χ2n) is 8.51. The topological polar surface area (TPSA) is 54.9 Å². The molecule has 0 spiro atoms. The molecular weight excluding hydrogens is 520 g/mol. The first-order valence-corrected chi connectivity index (χ1v) is 11.1. The summed E-state index contributed by atoms with van der Waals surface area (Å²) in [5.74, 6) is 0.582. The molecule has 7 heteroatoms. The van der Waals surface area contributed by atoms with Crippen LogP contribution in [0.2, 0.25) is 0 Å². The number of nitrogens with one attached hydrogen (secondary N) is 2. The van der Waals surface area contributed by atoms with Crippen LogP contribution in [0.15, 0.2) is 53.5 Å². The van der Waals surface area contributed by atoms with Crippen molar-refractivity contribution in [1.82, 2.24) is 10.6 Å². The van der Waals surface area contributed by atoms with Gasteiger partial charge in [-0.25, -0.2) is 4.39 Å². The molecule has 1 saturated heterocycles. The van der Waals surface area contributed by atoms with Gasteiger partial charge in [0.1, 0.15) is 5.82 Å². The van der Waals surface area contributed by atoms with Crippen molar-refractivity contribution in [2.75, 3.05) is 26.8 Å².